The Morgan fingerprint density at radius 3 is 2.33 bits per heavy atom. The summed E-state index contributed by atoms with van der Waals surface area (Å²) >= 11 is 0. The van der Waals surface area contributed by atoms with Crippen LogP contribution in [0.2, 0.25) is 0 Å². The van der Waals surface area contributed by atoms with Crippen LogP contribution in [-0.4, -0.2) is 13.2 Å². The van der Waals surface area contributed by atoms with E-state index in [0.29, 0.717) is 6.10 Å². The lowest BCUT2D eigenvalue weighted by Crippen LogP contribution is -2.08. The van der Waals surface area contributed by atoms with Gasteiger partial charge in [-0.3, -0.25) is 0 Å². The van der Waals surface area contributed by atoms with E-state index in [1.807, 2.05) is 0 Å². The Balaban J connectivity index is 3.06. The molecule has 1 nitrogen and oxygen atoms in total. The zero-order valence-corrected chi connectivity index (χ0v) is 8.64. The minimum absolute atomic E-state index is 0.395. The number of unbranched alkanes of at least 4 members (excludes halogenated alkanes) is 4. The van der Waals surface area contributed by atoms with Crippen molar-refractivity contribution in [3.63, 3.8) is 0 Å². The smallest absolute Gasteiger partial charge is 0.0571 e. The fourth-order valence-electron chi connectivity index (χ4n) is 1.36. The molecule has 1 unspecified atom stereocenters. The number of hydrogen-bond donors (Lipinski definition) is 0. The third kappa shape index (κ3) is 6.66. The lowest BCUT2D eigenvalue weighted by Gasteiger charge is -2.11. The summed E-state index contributed by atoms with van der Waals surface area (Å²) < 4.78 is 5.24. The van der Waals surface area contributed by atoms with Gasteiger partial charge in [-0.05, 0) is 12.8 Å². The molecule has 0 saturated heterocycles. The third-order valence-electron chi connectivity index (χ3n) is 2.28. The normalized spacial score (nSPS) is 13.2. The Hall–Kier alpha value is -0.0400. The molecule has 0 aliphatic rings. The van der Waals surface area contributed by atoms with Gasteiger partial charge in [0.2, 0.25) is 0 Å². The largest absolute Gasteiger partial charge is 0.381 e. The van der Waals surface area contributed by atoms with Gasteiger partial charge in [0.15, 0.2) is 0 Å². The second-order valence-electron chi connectivity index (χ2n) is 3.35. The summed E-state index contributed by atoms with van der Waals surface area (Å²) in [7, 11) is 1.78. The molecule has 0 saturated carbocycles. The van der Waals surface area contributed by atoms with Crippen molar-refractivity contribution in [2.45, 2.75) is 58.0 Å². The molecule has 0 fully saturated rings. The van der Waals surface area contributed by atoms with Gasteiger partial charge in [-0.1, -0.05) is 46.0 Å². The summed E-state index contributed by atoms with van der Waals surface area (Å²) in [6.07, 6.45) is 9.22. The Morgan fingerprint density at radius 2 is 1.83 bits per heavy atom. The van der Waals surface area contributed by atoms with E-state index in [4.69, 9.17) is 4.74 Å². The van der Waals surface area contributed by atoms with E-state index < -0.39 is 0 Å². The summed E-state index contributed by atoms with van der Waals surface area (Å²) in [6, 6.07) is 0. The Morgan fingerprint density at radius 1 is 1.17 bits per heavy atom. The van der Waals surface area contributed by atoms with Crippen LogP contribution in [0.1, 0.15) is 51.9 Å². The van der Waals surface area contributed by atoms with Gasteiger partial charge in [-0.25, -0.2) is 0 Å². The predicted octanol–water partition coefficient (Wildman–Crippen LogP) is 3.59. The van der Waals surface area contributed by atoms with Gasteiger partial charge in [0.25, 0.3) is 0 Å². The van der Waals surface area contributed by atoms with E-state index in [9.17, 15) is 0 Å². The lowest BCUT2D eigenvalue weighted by molar-refractivity contribution is 0.0947. The van der Waals surface area contributed by atoms with Crippen LogP contribution >= 0.6 is 0 Å². The summed E-state index contributed by atoms with van der Waals surface area (Å²) in [5.74, 6) is 0. The van der Waals surface area contributed by atoms with E-state index in [1.54, 1.807) is 7.11 Å². The first-order chi connectivity index (χ1) is 5.85. The van der Waals surface area contributed by atoms with Crippen molar-refractivity contribution >= 4 is 0 Å². The summed E-state index contributed by atoms with van der Waals surface area (Å²) in [5.41, 5.74) is 0. The van der Waals surface area contributed by atoms with Crippen LogP contribution < -0.4 is 0 Å². The monoisotopic (exact) mass is 171 g/mol. The number of rotatable bonds is 8. The Kier molecular flexibility index (Phi) is 9.02. The van der Waals surface area contributed by atoms with Crippen LogP contribution in [0.15, 0.2) is 0 Å². The topological polar surface area (TPSA) is 9.23 Å². The minimum atomic E-state index is 0.395. The molecule has 0 aliphatic carbocycles. The highest BCUT2D eigenvalue weighted by Crippen LogP contribution is 2.10. The summed E-state index contributed by atoms with van der Waals surface area (Å²) in [5, 5.41) is 0. The first-order valence-electron chi connectivity index (χ1n) is 5.17. The molecule has 1 radical (unpaired) electrons. The highest BCUT2D eigenvalue weighted by atomic mass is 16.5. The molecule has 0 heterocycles. The van der Waals surface area contributed by atoms with Crippen LogP contribution in [0.25, 0.3) is 0 Å². The van der Waals surface area contributed by atoms with Crippen LogP contribution in [0.4, 0.5) is 0 Å². The average molecular weight is 171 g/mol. The van der Waals surface area contributed by atoms with Crippen molar-refractivity contribution in [2.75, 3.05) is 7.11 Å². The van der Waals surface area contributed by atoms with Crippen LogP contribution in [0, 0.1) is 6.92 Å². The molecule has 73 valence electrons. The first kappa shape index (κ1) is 12.0. The van der Waals surface area contributed by atoms with Crippen molar-refractivity contribution in [1.82, 2.24) is 0 Å². The average Bonchev–Trinajstić information content (AvgIpc) is 2.11. The van der Waals surface area contributed by atoms with Gasteiger partial charge in [0.05, 0.1) is 6.10 Å². The molecule has 0 aromatic carbocycles. The molecular weight excluding hydrogens is 148 g/mol. The number of ether oxygens (including phenoxy) is 1. The molecular formula is C11H23O. The Labute approximate surface area is 77.5 Å². The fraction of sp³-hybridized carbons (Fsp3) is 0.909. The molecule has 0 N–H and O–H groups in total. The zero-order chi connectivity index (χ0) is 9.23. The van der Waals surface area contributed by atoms with Crippen LogP contribution in [0.5, 0.6) is 0 Å². The quantitative estimate of drug-likeness (QED) is 0.507. The third-order valence-corrected chi connectivity index (χ3v) is 2.28. The SMILES string of the molecule is [CH2]CC(CCCCCCC)OC. The maximum Gasteiger partial charge on any atom is 0.0571 e. The molecule has 0 aromatic heterocycles. The van der Waals surface area contributed by atoms with E-state index in [-0.39, 0.29) is 0 Å². The fourth-order valence-corrected chi connectivity index (χ4v) is 1.36. The highest BCUT2D eigenvalue weighted by Gasteiger charge is 2.02. The van der Waals surface area contributed by atoms with Gasteiger partial charge in [0, 0.05) is 7.11 Å². The van der Waals surface area contributed by atoms with Gasteiger partial charge < -0.3 is 4.74 Å². The zero-order valence-electron chi connectivity index (χ0n) is 8.64. The van der Waals surface area contributed by atoms with Crippen molar-refractivity contribution in [3.05, 3.63) is 6.92 Å². The second kappa shape index (κ2) is 9.05. The summed E-state index contributed by atoms with van der Waals surface area (Å²) in [6.45, 7) is 6.09. The van der Waals surface area contributed by atoms with Crippen molar-refractivity contribution < 1.29 is 4.74 Å². The van der Waals surface area contributed by atoms with Crippen molar-refractivity contribution in [3.8, 4) is 0 Å². The van der Waals surface area contributed by atoms with Crippen molar-refractivity contribution in [2.24, 2.45) is 0 Å². The standard InChI is InChI=1S/C11H23O/c1-4-6-7-8-9-10-11(5-2)12-3/h11H,2,4-10H2,1,3H3. The molecule has 0 amide bonds. The molecule has 0 aliphatic heterocycles. The van der Waals surface area contributed by atoms with Gasteiger partial charge in [0.1, 0.15) is 0 Å². The minimum Gasteiger partial charge on any atom is -0.381 e. The first-order valence-corrected chi connectivity index (χ1v) is 5.17. The molecule has 0 rings (SSSR count). The maximum atomic E-state index is 5.24. The highest BCUT2D eigenvalue weighted by molar-refractivity contribution is 4.58. The molecule has 0 bridgehead atoms. The molecule has 1 atom stereocenters. The summed E-state index contributed by atoms with van der Waals surface area (Å²) in [4.78, 5) is 0. The predicted molar refractivity (Wildman–Crippen MR) is 54.1 cm³/mol. The molecule has 12 heavy (non-hydrogen) atoms. The number of hydrogen-bond acceptors (Lipinski definition) is 1. The number of methoxy groups -OCH3 is 1. The molecule has 0 aromatic rings. The van der Waals surface area contributed by atoms with Crippen molar-refractivity contribution in [1.29, 1.82) is 0 Å². The molecule has 1 heteroatoms. The Bertz CT molecular complexity index is 77.1. The lowest BCUT2D eigenvalue weighted by atomic mass is 10.1. The van der Waals surface area contributed by atoms with E-state index in [2.05, 4.69) is 13.8 Å². The van der Waals surface area contributed by atoms with E-state index in [0.717, 1.165) is 6.42 Å². The van der Waals surface area contributed by atoms with E-state index in [1.165, 1.54) is 38.5 Å². The second-order valence-corrected chi connectivity index (χ2v) is 3.35. The van der Waals surface area contributed by atoms with E-state index >= 15 is 0 Å². The van der Waals surface area contributed by atoms with Crippen LogP contribution in [0.3, 0.4) is 0 Å². The van der Waals surface area contributed by atoms with Gasteiger partial charge in [-0.15, -0.1) is 0 Å². The van der Waals surface area contributed by atoms with Crippen LogP contribution in [-0.2, 0) is 4.74 Å². The maximum absolute atomic E-state index is 5.24. The van der Waals surface area contributed by atoms with Gasteiger partial charge in [-0.2, -0.15) is 0 Å². The van der Waals surface area contributed by atoms with Gasteiger partial charge >= 0.3 is 0 Å². The molecule has 0 spiro atoms.